The Morgan fingerprint density at radius 1 is 1.14 bits per heavy atom. The summed E-state index contributed by atoms with van der Waals surface area (Å²) in [6.07, 6.45) is 3.38. The van der Waals surface area contributed by atoms with Crippen LogP contribution in [0.4, 0.5) is 5.69 Å². The van der Waals surface area contributed by atoms with Crippen molar-refractivity contribution in [2.24, 2.45) is 0 Å². The standard InChI is InChI=1S/C29H36N2O5/c1-6-31(7-2)15-8-16-35-26-14-12-22-18-24(29(34)36-27(22)20(26)5)30-28(33)23-11-13-25(32)21(17-23)10-9-19(3)4/h9,11-14,17-18,32H,6-8,10,15-16H2,1-5H3,(H,30,33). The molecule has 0 radical (unpaired) electrons. The minimum Gasteiger partial charge on any atom is -0.508 e. The fourth-order valence-electron chi connectivity index (χ4n) is 3.96. The van der Waals surface area contributed by atoms with Gasteiger partial charge in [0.05, 0.1) is 6.61 Å². The van der Waals surface area contributed by atoms with Crippen LogP contribution in [-0.2, 0) is 6.42 Å². The Morgan fingerprint density at radius 2 is 1.89 bits per heavy atom. The van der Waals surface area contributed by atoms with Crippen LogP contribution in [0.15, 0.2) is 57.3 Å². The molecular weight excluding hydrogens is 456 g/mol. The van der Waals surface area contributed by atoms with Gasteiger partial charge in [-0.2, -0.15) is 0 Å². The summed E-state index contributed by atoms with van der Waals surface area (Å²) >= 11 is 0. The van der Waals surface area contributed by atoms with Gasteiger partial charge >= 0.3 is 5.63 Å². The highest BCUT2D eigenvalue weighted by Crippen LogP contribution is 2.28. The zero-order valence-corrected chi connectivity index (χ0v) is 21.8. The van der Waals surface area contributed by atoms with Gasteiger partial charge in [-0.05, 0) is 88.7 Å². The zero-order chi connectivity index (χ0) is 26.2. The normalized spacial score (nSPS) is 11.1. The fraction of sp³-hybridized carbons (Fsp3) is 0.379. The molecule has 2 N–H and O–H groups in total. The third kappa shape index (κ3) is 6.76. The van der Waals surface area contributed by atoms with E-state index < -0.39 is 11.5 Å². The molecule has 0 aliphatic rings. The van der Waals surface area contributed by atoms with E-state index in [1.807, 2.05) is 39.0 Å². The summed E-state index contributed by atoms with van der Waals surface area (Å²) in [4.78, 5) is 27.9. The van der Waals surface area contributed by atoms with E-state index >= 15 is 0 Å². The summed E-state index contributed by atoms with van der Waals surface area (Å²) in [5.74, 6) is 0.343. The van der Waals surface area contributed by atoms with E-state index in [1.165, 1.54) is 12.1 Å². The van der Waals surface area contributed by atoms with E-state index in [0.29, 0.717) is 40.9 Å². The lowest BCUT2D eigenvalue weighted by atomic mass is 10.0. The molecule has 1 aromatic heterocycles. The van der Waals surface area contributed by atoms with Gasteiger partial charge < -0.3 is 24.5 Å². The quantitative estimate of drug-likeness (QED) is 0.203. The average molecular weight is 493 g/mol. The van der Waals surface area contributed by atoms with Crippen LogP contribution in [0.1, 0.15) is 55.6 Å². The van der Waals surface area contributed by atoms with Crippen molar-refractivity contribution in [3.05, 3.63) is 75.2 Å². The molecule has 0 atom stereocenters. The third-order valence-electron chi connectivity index (χ3n) is 6.19. The average Bonchev–Trinajstić information content (AvgIpc) is 2.85. The van der Waals surface area contributed by atoms with Crippen LogP contribution >= 0.6 is 0 Å². The molecule has 1 amide bonds. The molecule has 0 unspecified atom stereocenters. The summed E-state index contributed by atoms with van der Waals surface area (Å²) in [6.45, 7) is 13.6. The predicted octanol–water partition coefficient (Wildman–Crippen LogP) is 5.68. The topological polar surface area (TPSA) is 92.0 Å². The van der Waals surface area contributed by atoms with Crippen LogP contribution in [0, 0.1) is 6.92 Å². The molecule has 0 fully saturated rings. The van der Waals surface area contributed by atoms with E-state index in [0.717, 1.165) is 37.2 Å². The summed E-state index contributed by atoms with van der Waals surface area (Å²) in [5.41, 5.74) is 2.69. The van der Waals surface area contributed by atoms with Crippen LogP contribution in [-0.4, -0.2) is 42.2 Å². The number of anilines is 1. The maximum absolute atomic E-state index is 12.9. The number of nitrogens with zero attached hydrogens (tertiary/aromatic N) is 1. The number of rotatable bonds is 11. The van der Waals surface area contributed by atoms with Gasteiger partial charge in [-0.3, -0.25) is 4.79 Å². The predicted molar refractivity (Wildman–Crippen MR) is 144 cm³/mol. The highest BCUT2D eigenvalue weighted by atomic mass is 16.5. The van der Waals surface area contributed by atoms with Crippen LogP contribution in [0.25, 0.3) is 11.0 Å². The number of phenolic OH excluding ortho intramolecular Hbond substituents is 1. The molecule has 0 saturated heterocycles. The Labute approximate surface area is 212 Å². The van der Waals surface area contributed by atoms with Crippen molar-refractivity contribution in [3.8, 4) is 11.5 Å². The van der Waals surface area contributed by atoms with Gasteiger partial charge in [0.2, 0.25) is 0 Å². The summed E-state index contributed by atoms with van der Waals surface area (Å²) in [6, 6.07) is 9.92. The van der Waals surface area contributed by atoms with Crippen LogP contribution in [0.5, 0.6) is 11.5 Å². The number of hydrogen-bond acceptors (Lipinski definition) is 6. The molecule has 0 saturated carbocycles. The number of nitrogens with one attached hydrogen (secondary N) is 1. The van der Waals surface area contributed by atoms with Gasteiger partial charge in [0.15, 0.2) is 0 Å². The number of hydrogen-bond donors (Lipinski definition) is 2. The van der Waals surface area contributed by atoms with E-state index in [-0.39, 0.29) is 11.4 Å². The molecule has 0 aliphatic carbocycles. The molecule has 0 spiro atoms. The van der Waals surface area contributed by atoms with Crippen molar-refractivity contribution in [1.82, 2.24) is 4.90 Å². The van der Waals surface area contributed by atoms with Crippen molar-refractivity contribution >= 4 is 22.6 Å². The van der Waals surface area contributed by atoms with Gasteiger partial charge in [-0.1, -0.05) is 25.5 Å². The molecule has 0 bridgehead atoms. The summed E-state index contributed by atoms with van der Waals surface area (Å²) in [7, 11) is 0. The van der Waals surface area contributed by atoms with Crippen LogP contribution in [0.2, 0.25) is 0 Å². The first-order chi connectivity index (χ1) is 17.2. The molecule has 192 valence electrons. The maximum atomic E-state index is 12.9. The molecule has 3 rings (SSSR count). The van der Waals surface area contributed by atoms with Crippen molar-refractivity contribution < 1.29 is 19.1 Å². The van der Waals surface area contributed by atoms with Gasteiger partial charge in [0, 0.05) is 23.1 Å². The lowest BCUT2D eigenvalue weighted by molar-refractivity contribution is 0.102. The van der Waals surface area contributed by atoms with Gasteiger partial charge in [0.25, 0.3) is 5.91 Å². The van der Waals surface area contributed by atoms with E-state index in [4.69, 9.17) is 9.15 Å². The molecule has 3 aromatic rings. The third-order valence-corrected chi connectivity index (χ3v) is 6.19. The van der Waals surface area contributed by atoms with Crippen molar-refractivity contribution in [2.45, 2.75) is 47.5 Å². The number of aromatic hydroxyl groups is 1. The minimum atomic E-state index is -0.638. The lowest BCUT2D eigenvalue weighted by Crippen LogP contribution is -2.25. The number of carbonyl (C=O) groups is 1. The molecule has 36 heavy (non-hydrogen) atoms. The lowest BCUT2D eigenvalue weighted by Gasteiger charge is -2.18. The highest BCUT2D eigenvalue weighted by Gasteiger charge is 2.15. The fourth-order valence-corrected chi connectivity index (χ4v) is 3.96. The summed E-state index contributed by atoms with van der Waals surface area (Å²) < 4.78 is 11.5. The van der Waals surface area contributed by atoms with E-state index in [2.05, 4.69) is 24.1 Å². The van der Waals surface area contributed by atoms with E-state index in [1.54, 1.807) is 12.1 Å². The van der Waals surface area contributed by atoms with Crippen LogP contribution < -0.4 is 15.7 Å². The number of phenols is 1. The maximum Gasteiger partial charge on any atom is 0.360 e. The van der Waals surface area contributed by atoms with E-state index in [9.17, 15) is 14.7 Å². The largest absolute Gasteiger partial charge is 0.508 e. The zero-order valence-electron chi connectivity index (χ0n) is 21.8. The van der Waals surface area contributed by atoms with Crippen LogP contribution in [0.3, 0.4) is 0 Å². The number of allylic oxidation sites excluding steroid dienone is 2. The summed E-state index contributed by atoms with van der Waals surface area (Å²) in [5, 5.41) is 13.4. The van der Waals surface area contributed by atoms with Gasteiger partial charge in [-0.25, -0.2) is 4.79 Å². The smallest absolute Gasteiger partial charge is 0.360 e. The Morgan fingerprint density at radius 3 is 2.58 bits per heavy atom. The first kappa shape index (κ1) is 27.0. The molecule has 7 heteroatoms. The SMILES string of the molecule is CCN(CC)CCCOc1ccc2cc(NC(=O)c3ccc(O)c(CC=C(C)C)c3)c(=O)oc2c1C. The molecule has 1 heterocycles. The van der Waals surface area contributed by atoms with Crippen molar-refractivity contribution in [3.63, 3.8) is 0 Å². The number of fused-ring (bicyclic) bond motifs is 1. The number of aryl methyl sites for hydroxylation is 1. The second-order valence-electron chi connectivity index (χ2n) is 9.07. The van der Waals surface area contributed by atoms with Crippen molar-refractivity contribution in [2.75, 3.05) is 31.6 Å². The first-order valence-electron chi connectivity index (χ1n) is 12.4. The Hall–Kier alpha value is -3.58. The number of benzene rings is 2. The molecule has 7 nitrogen and oxygen atoms in total. The van der Waals surface area contributed by atoms with Gasteiger partial charge in [0.1, 0.15) is 22.8 Å². The number of carbonyl (C=O) groups excluding carboxylic acids is 1. The Bertz CT molecular complexity index is 1300. The van der Waals surface area contributed by atoms with Crippen molar-refractivity contribution in [1.29, 1.82) is 0 Å². The Kier molecular flexibility index (Phi) is 9.31. The second-order valence-corrected chi connectivity index (χ2v) is 9.07. The van der Waals surface area contributed by atoms with Gasteiger partial charge in [-0.15, -0.1) is 0 Å². The Balaban J connectivity index is 1.75. The number of ether oxygens (including phenoxy) is 1. The second kappa shape index (κ2) is 12.4. The molecular formula is C29H36N2O5. The molecule has 2 aromatic carbocycles. The first-order valence-corrected chi connectivity index (χ1v) is 12.4. The number of amides is 1. The molecule has 0 aliphatic heterocycles. The monoisotopic (exact) mass is 492 g/mol. The highest BCUT2D eigenvalue weighted by molar-refractivity contribution is 6.05. The minimum absolute atomic E-state index is 0.0544.